The van der Waals surface area contributed by atoms with Gasteiger partial charge in [-0.05, 0) is 51.5 Å². The highest BCUT2D eigenvalue weighted by Crippen LogP contribution is 2.24. The van der Waals surface area contributed by atoms with Crippen molar-refractivity contribution in [1.82, 2.24) is 19.8 Å². The van der Waals surface area contributed by atoms with Crippen LogP contribution in [0.3, 0.4) is 0 Å². The van der Waals surface area contributed by atoms with Crippen LogP contribution in [-0.2, 0) is 19.3 Å². The number of ether oxygens (including phenoxy) is 1. The molecule has 0 atom stereocenters. The van der Waals surface area contributed by atoms with Crippen LogP contribution in [0.25, 0.3) is 0 Å². The Balaban J connectivity index is 1.45. The maximum atomic E-state index is 6.28. The summed E-state index contributed by atoms with van der Waals surface area (Å²) in [5.74, 6) is 0.832. The normalized spacial score (nSPS) is 17.4. The smallest absolute Gasteiger partial charge is 0.235 e. The van der Waals surface area contributed by atoms with Gasteiger partial charge in [-0.3, -0.25) is 9.88 Å². The van der Waals surface area contributed by atoms with Crippen molar-refractivity contribution in [3.05, 3.63) is 17.1 Å². The predicted octanol–water partition coefficient (Wildman–Crippen LogP) is 5.45. The fourth-order valence-electron chi connectivity index (χ4n) is 4.93. The lowest BCUT2D eigenvalue weighted by atomic mass is 10.00. The Morgan fingerprint density at radius 2 is 1.28 bits per heavy atom. The molecule has 1 aromatic rings. The fraction of sp³-hybridized carbons (Fsp3) is 0.852. The zero-order valence-electron chi connectivity index (χ0n) is 21.0. The van der Waals surface area contributed by atoms with Gasteiger partial charge in [-0.15, -0.1) is 0 Å². The lowest BCUT2D eigenvalue weighted by molar-refractivity contribution is 0.114. The van der Waals surface area contributed by atoms with E-state index in [9.17, 15) is 0 Å². The van der Waals surface area contributed by atoms with Crippen LogP contribution >= 0.6 is 0 Å². The van der Waals surface area contributed by atoms with Gasteiger partial charge in [0.25, 0.3) is 0 Å². The minimum Gasteiger partial charge on any atom is -0.475 e. The molecule has 0 radical (unpaired) electrons. The van der Waals surface area contributed by atoms with E-state index in [1.54, 1.807) is 0 Å². The molecule has 1 aliphatic carbocycles. The molecule has 1 aromatic heterocycles. The standard InChI is InChI=1S/C27H48N4O/c1-3-5-7-8-9-10-11-16-26-27(29-25-15-13-12-14-24(25)28-26)32-23-22-31-20-18-30(19-21-31)17-6-4-2/h3-23H2,1-2H3. The molecule has 0 aromatic carbocycles. The summed E-state index contributed by atoms with van der Waals surface area (Å²) in [4.78, 5) is 15.2. The third-order valence-corrected chi connectivity index (χ3v) is 7.12. The van der Waals surface area contributed by atoms with E-state index in [0.717, 1.165) is 57.1 Å². The SMILES string of the molecule is CCCCCCCCCc1nc2c(nc1OCCN1CCN(CCCC)CC1)CCCC2. The molecule has 0 N–H and O–H groups in total. The fourth-order valence-corrected chi connectivity index (χ4v) is 4.93. The Bertz CT molecular complexity index is 643. The Kier molecular flexibility index (Phi) is 11.8. The first kappa shape index (κ1) is 25.4. The minimum absolute atomic E-state index is 0.729. The molecule has 3 rings (SSSR count). The third-order valence-electron chi connectivity index (χ3n) is 7.12. The number of nitrogens with zero attached hydrogens (tertiary/aromatic N) is 4. The summed E-state index contributed by atoms with van der Waals surface area (Å²) in [5.41, 5.74) is 3.55. The number of aromatic nitrogens is 2. The largest absolute Gasteiger partial charge is 0.475 e. The molecule has 2 heterocycles. The molecule has 0 bridgehead atoms. The number of piperazine rings is 1. The number of fused-ring (bicyclic) bond motifs is 1. The Morgan fingerprint density at radius 1 is 0.688 bits per heavy atom. The van der Waals surface area contributed by atoms with Crippen LogP contribution in [0.2, 0.25) is 0 Å². The highest BCUT2D eigenvalue weighted by molar-refractivity contribution is 5.27. The molecule has 0 unspecified atom stereocenters. The van der Waals surface area contributed by atoms with Gasteiger partial charge in [0.1, 0.15) is 12.3 Å². The van der Waals surface area contributed by atoms with E-state index in [4.69, 9.17) is 14.7 Å². The quantitative estimate of drug-likeness (QED) is 0.337. The van der Waals surface area contributed by atoms with Gasteiger partial charge < -0.3 is 9.64 Å². The van der Waals surface area contributed by atoms with Crippen LogP contribution in [0.5, 0.6) is 5.88 Å². The second-order valence-electron chi connectivity index (χ2n) is 9.83. The van der Waals surface area contributed by atoms with Gasteiger partial charge in [-0.25, -0.2) is 4.98 Å². The van der Waals surface area contributed by atoms with E-state index in [2.05, 4.69) is 23.6 Å². The average molecular weight is 445 g/mol. The molecule has 0 amide bonds. The first-order valence-corrected chi connectivity index (χ1v) is 13.8. The van der Waals surface area contributed by atoms with Crippen molar-refractivity contribution in [2.24, 2.45) is 0 Å². The number of rotatable bonds is 15. The number of hydrogen-bond donors (Lipinski definition) is 0. The minimum atomic E-state index is 0.729. The molecule has 1 aliphatic heterocycles. The van der Waals surface area contributed by atoms with E-state index in [1.165, 1.54) is 102 Å². The monoisotopic (exact) mass is 444 g/mol. The molecule has 5 heteroatoms. The lowest BCUT2D eigenvalue weighted by Crippen LogP contribution is -2.47. The van der Waals surface area contributed by atoms with Crippen molar-refractivity contribution in [1.29, 1.82) is 0 Å². The highest BCUT2D eigenvalue weighted by atomic mass is 16.5. The van der Waals surface area contributed by atoms with Gasteiger partial charge in [0.2, 0.25) is 5.88 Å². The summed E-state index contributed by atoms with van der Waals surface area (Å²) >= 11 is 0. The Labute approximate surface area is 197 Å². The van der Waals surface area contributed by atoms with Gasteiger partial charge in [0, 0.05) is 32.7 Å². The van der Waals surface area contributed by atoms with Crippen molar-refractivity contribution >= 4 is 0 Å². The molecule has 2 aliphatic rings. The second-order valence-corrected chi connectivity index (χ2v) is 9.83. The molecule has 1 fully saturated rings. The molecule has 0 saturated carbocycles. The zero-order chi connectivity index (χ0) is 22.4. The molecule has 0 spiro atoms. The molecular weight excluding hydrogens is 396 g/mol. The van der Waals surface area contributed by atoms with Gasteiger partial charge in [-0.2, -0.15) is 0 Å². The predicted molar refractivity (Wildman–Crippen MR) is 134 cm³/mol. The molecule has 182 valence electrons. The summed E-state index contributed by atoms with van der Waals surface area (Å²) < 4.78 is 6.28. The molecule has 5 nitrogen and oxygen atoms in total. The number of aryl methyl sites for hydroxylation is 3. The average Bonchev–Trinajstić information content (AvgIpc) is 2.83. The van der Waals surface area contributed by atoms with Gasteiger partial charge in [0.15, 0.2) is 0 Å². The summed E-state index contributed by atoms with van der Waals surface area (Å²) in [6.45, 7) is 12.3. The topological polar surface area (TPSA) is 41.5 Å². The maximum absolute atomic E-state index is 6.28. The van der Waals surface area contributed by atoms with Gasteiger partial charge in [-0.1, -0.05) is 58.8 Å². The van der Waals surface area contributed by atoms with Crippen LogP contribution in [0.4, 0.5) is 0 Å². The van der Waals surface area contributed by atoms with Crippen molar-refractivity contribution in [2.75, 3.05) is 45.9 Å². The van der Waals surface area contributed by atoms with Crippen molar-refractivity contribution < 1.29 is 4.74 Å². The van der Waals surface area contributed by atoms with Crippen LogP contribution in [0, 0.1) is 0 Å². The summed E-state index contributed by atoms with van der Waals surface area (Å²) in [6, 6.07) is 0. The van der Waals surface area contributed by atoms with E-state index in [-0.39, 0.29) is 0 Å². The molecule has 32 heavy (non-hydrogen) atoms. The van der Waals surface area contributed by atoms with E-state index >= 15 is 0 Å². The van der Waals surface area contributed by atoms with Crippen molar-refractivity contribution in [2.45, 2.75) is 104 Å². The van der Waals surface area contributed by atoms with Gasteiger partial charge >= 0.3 is 0 Å². The summed E-state index contributed by atoms with van der Waals surface area (Å²) in [7, 11) is 0. The molecule has 1 saturated heterocycles. The van der Waals surface area contributed by atoms with E-state index in [1.807, 2.05) is 0 Å². The molecular formula is C27H48N4O. The Morgan fingerprint density at radius 3 is 1.97 bits per heavy atom. The first-order valence-electron chi connectivity index (χ1n) is 13.8. The summed E-state index contributed by atoms with van der Waals surface area (Å²) in [6.07, 6.45) is 17.6. The Hall–Kier alpha value is -1.20. The van der Waals surface area contributed by atoms with Crippen molar-refractivity contribution in [3.63, 3.8) is 0 Å². The van der Waals surface area contributed by atoms with Gasteiger partial charge in [0.05, 0.1) is 11.4 Å². The second kappa shape index (κ2) is 14.8. The summed E-state index contributed by atoms with van der Waals surface area (Å²) in [5, 5.41) is 0. The number of unbranched alkanes of at least 4 members (excludes halogenated alkanes) is 7. The lowest BCUT2D eigenvalue weighted by Gasteiger charge is -2.34. The van der Waals surface area contributed by atoms with Crippen LogP contribution in [-0.4, -0.2) is 65.6 Å². The van der Waals surface area contributed by atoms with E-state index < -0.39 is 0 Å². The van der Waals surface area contributed by atoms with Crippen molar-refractivity contribution in [3.8, 4) is 5.88 Å². The third kappa shape index (κ3) is 8.62. The van der Waals surface area contributed by atoms with Crippen LogP contribution in [0.1, 0.15) is 102 Å². The van der Waals surface area contributed by atoms with Crippen LogP contribution in [0.15, 0.2) is 0 Å². The highest BCUT2D eigenvalue weighted by Gasteiger charge is 2.19. The maximum Gasteiger partial charge on any atom is 0.235 e. The first-order chi connectivity index (χ1) is 15.8. The van der Waals surface area contributed by atoms with Crippen LogP contribution < -0.4 is 4.74 Å². The zero-order valence-corrected chi connectivity index (χ0v) is 21.0. The van der Waals surface area contributed by atoms with E-state index in [0.29, 0.717) is 0 Å². The number of hydrogen-bond acceptors (Lipinski definition) is 5.